The number of nitrogens with zero attached hydrogens (tertiary/aromatic N) is 2. The van der Waals surface area contributed by atoms with Gasteiger partial charge in [0.05, 0.1) is 16.7 Å². The van der Waals surface area contributed by atoms with Gasteiger partial charge in [0.2, 0.25) is 5.91 Å². The lowest BCUT2D eigenvalue weighted by Crippen LogP contribution is -2.27. The number of nitrogens with one attached hydrogen (secondary N) is 1. The highest BCUT2D eigenvalue weighted by Crippen LogP contribution is 2.21. The maximum atomic E-state index is 13.1. The van der Waals surface area contributed by atoms with E-state index in [1.807, 2.05) is 39.8 Å². The highest BCUT2D eigenvalue weighted by Gasteiger charge is 2.21. The average Bonchev–Trinajstić information content (AvgIpc) is 2.81. The Balaban J connectivity index is 1.74. The van der Waals surface area contributed by atoms with Gasteiger partial charge in [0, 0.05) is 36.4 Å². The average molecular weight is 482 g/mol. The van der Waals surface area contributed by atoms with Gasteiger partial charge >= 0.3 is 0 Å². The Kier molecular flexibility index (Phi) is 8.63. The summed E-state index contributed by atoms with van der Waals surface area (Å²) >= 11 is 1.25. The van der Waals surface area contributed by atoms with Crippen molar-refractivity contribution < 1.29 is 14.3 Å². The fourth-order valence-electron chi connectivity index (χ4n) is 3.20. The lowest BCUT2D eigenvalue weighted by atomic mass is 9.95. The van der Waals surface area contributed by atoms with Crippen LogP contribution >= 0.6 is 11.8 Å². The number of amides is 1. The van der Waals surface area contributed by atoms with Crippen molar-refractivity contribution in [3.05, 3.63) is 64.4 Å². The number of aromatic nitrogens is 2. The quantitative estimate of drug-likeness (QED) is 0.194. The molecule has 3 rings (SSSR count). The van der Waals surface area contributed by atoms with Crippen LogP contribution in [-0.4, -0.2) is 40.2 Å². The monoisotopic (exact) mass is 481 g/mol. The van der Waals surface area contributed by atoms with Crippen LogP contribution in [0.15, 0.2) is 58.5 Å². The third-order valence-electron chi connectivity index (χ3n) is 5.18. The molecule has 0 bridgehead atoms. The third kappa shape index (κ3) is 6.55. The summed E-state index contributed by atoms with van der Waals surface area (Å²) in [5.74, 6) is -0.0296. The third-order valence-corrected chi connectivity index (χ3v) is 6.16. The predicted molar refractivity (Wildman–Crippen MR) is 137 cm³/mol. The number of Topliss-reactive ketones (excluding diaryl/α,β-unsaturated/α-hetero) is 1. The van der Waals surface area contributed by atoms with Crippen molar-refractivity contribution in [3.63, 3.8) is 0 Å². The number of hydrogen-bond donors (Lipinski definition) is 1. The van der Waals surface area contributed by atoms with Crippen molar-refractivity contribution in [2.45, 2.75) is 45.8 Å². The summed E-state index contributed by atoms with van der Waals surface area (Å²) in [6, 6.07) is 14.1. The smallest absolute Gasteiger partial charge is 0.262 e. The topological polar surface area (TPSA) is 90.3 Å². The fourth-order valence-corrected chi connectivity index (χ4v) is 4.12. The molecule has 8 heteroatoms. The van der Waals surface area contributed by atoms with Crippen molar-refractivity contribution in [2.24, 2.45) is 5.41 Å². The standard InChI is InChI=1S/C26H31N3O4S/c1-5-33-16-8-15-29-23(31)20-9-6-7-10-21(20)28-25(29)34-17-22(30)18-11-13-19(14-12-18)27-24(32)26(2,3)4/h6-7,9-14H,5,8,15-17H2,1-4H3,(H,27,32). The van der Waals surface area contributed by atoms with Gasteiger partial charge in [-0.05, 0) is 49.7 Å². The minimum atomic E-state index is -0.504. The van der Waals surface area contributed by atoms with E-state index in [1.165, 1.54) is 11.8 Å². The number of fused-ring (bicyclic) bond motifs is 1. The first-order chi connectivity index (χ1) is 16.2. The summed E-state index contributed by atoms with van der Waals surface area (Å²) < 4.78 is 7.04. The van der Waals surface area contributed by atoms with Gasteiger partial charge < -0.3 is 10.1 Å². The van der Waals surface area contributed by atoms with Crippen LogP contribution in [0.1, 0.15) is 44.5 Å². The summed E-state index contributed by atoms with van der Waals surface area (Å²) in [5.41, 5.74) is 1.17. The number of carbonyl (C=O) groups is 2. The molecule has 0 radical (unpaired) electrons. The molecule has 2 aromatic carbocycles. The summed E-state index contributed by atoms with van der Waals surface area (Å²) in [6.45, 7) is 9.10. The number of hydrogen-bond acceptors (Lipinski definition) is 6. The van der Waals surface area contributed by atoms with Crippen LogP contribution in [0.2, 0.25) is 0 Å². The van der Waals surface area contributed by atoms with E-state index in [0.717, 1.165) is 0 Å². The number of para-hydroxylation sites is 1. The van der Waals surface area contributed by atoms with Gasteiger partial charge in [0.15, 0.2) is 10.9 Å². The molecule has 3 aromatic rings. The molecule has 180 valence electrons. The van der Waals surface area contributed by atoms with Crippen molar-refractivity contribution in [2.75, 3.05) is 24.3 Å². The minimum Gasteiger partial charge on any atom is -0.382 e. The van der Waals surface area contributed by atoms with Crippen LogP contribution in [0.5, 0.6) is 0 Å². The van der Waals surface area contributed by atoms with Gasteiger partial charge in [-0.1, -0.05) is 44.7 Å². The molecule has 34 heavy (non-hydrogen) atoms. The zero-order chi connectivity index (χ0) is 24.7. The van der Waals surface area contributed by atoms with Crippen LogP contribution in [0.4, 0.5) is 5.69 Å². The zero-order valence-corrected chi connectivity index (χ0v) is 20.9. The molecule has 0 unspecified atom stereocenters. The molecule has 1 amide bonds. The van der Waals surface area contributed by atoms with Gasteiger partial charge in [0.1, 0.15) is 0 Å². The zero-order valence-electron chi connectivity index (χ0n) is 20.1. The Hall–Kier alpha value is -2.97. The van der Waals surface area contributed by atoms with E-state index in [1.54, 1.807) is 41.0 Å². The number of benzene rings is 2. The highest BCUT2D eigenvalue weighted by atomic mass is 32.2. The van der Waals surface area contributed by atoms with E-state index in [4.69, 9.17) is 4.74 Å². The number of carbonyl (C=O) groups excluding carboxylic acids is 2. The van der Waals surface area contributed by atoms with Gasteiger partial charge in [-0.2, -0.15) is 0 Å². The summed E-state index contributed by atoms with van der Waals surface area (Å²) in [5, 5.41) is 3.93. The second-order valence-corrected chi connectivity index (χ2v) is 9.85. The summed E-state index contributed by atoms with van der Waals surface area (Å²) in [7, 11) is 0. The fraction of sp³-hybridized carbons (Fsp3) is 0.385. The molecule has 0 saturated heterocycles. The van der Waals surface area contributed by atoms with Crippen LogP contribution in [0.3, 0.4) is 0 Å². The van der Waals surface area contributed by atoms with E-state index in [9.17, 15) is 14.4 Å². The molecular weight excluding hydrogens is 450 g/mol. The molecule has 0 spiro atoms. The van der Waals surface area contributed by atoms with Crippen molar-refractivity contribution in [1.82, 2.24) is 9.55 Å². The summed E-state index contributed by atoms with van der Waals surface area (Å²) in [6.07, 6.45) is 0.678. The molecule has 0 fully saturated rings. The van der Waals surface area contributed by atoms with Crippen LogP contribution in [0, 0.1) is 5.41 Å². The lowest BCUT2D eigenvalue weighted by Gasteiger charge is -2.17. The second-order valence-electron chi connectivity index (χ2n) is 8.91. The van der Waals surface area contributed by atoms with Gasteiger partial charge in [0.25, 0.3) is 5.56 Å². The Labute approximate surface area is 203 Å². The molecule has 1 heterocycles. The van der Waals surface area contributed by atoms with Gasteiger partial charge in [-0.25, -0.2) is 4.98 Å². The molecule has 0 aliphatic rings. The Morgan fingerprint density at radius 1 is 1.09 bits per heavy atom. The predicted octanol–water partition coefficient (Wildman–Crippen LogP) is 4.78. The summed E-state index contributed by atoms with van der Waals surface area (Å²) in [4.78, 5) is 42.7. The van der Waals surface area contributed by atoms with E-state index in [2.05, 4.69) is 10.3 Å². The maximum Gasteiger partial charge on any atom is 0.262 e. The highest BCUT2D eigenvalue weighted by molar-refractivity contribution is 7.99. The van der Waals surface area contributed by atoms with Crippen molar-refractivity contribution in [1.29, 1.82) is 0 Å². The van der Waals surface area contributed by atoms with Crippen molar-refractivity contribution in [3.8, 4) is 0 Å². The molecular formula is C26H31N3O4S. The Morgan fingerprint density at radius 2 is 1.79 bits per heavy atom. The normalized spacial score (nSPS) is 11.5. The number of anilines is 1. The lowest BCUT2D eigenvalue weighted by molar-refractivity contribution is -0.123. The first-order valence-electron chi connectivity index (χ1n) is 11.4. The molecule has 0 aliphatic heterocycles. The van der Waals surface area contributed by atoms with Crippen LogP contribution in [-0.2, 0) is 16.1 Å². The SMILES string of the molecule is CCOCCCn1c(SCC(=O)c2ccc(NC(=O)C(C)(C)C)cc2)nc2ccccc2c1=O. The molecule has 0 aliphatic carbocycles. The first kappa shape index (κ1) is 25.6. The van der Waals surface area contributed by atoms with Gasteiger partial charge in [-0.15, -0.1) is 0 Å². The van der Waals surface area contributed by atoms with E-state index in [-0.39, 0.29) is 23.0 Å². The first-order valence-corrected chi connectivity index (χ1v) is 12.3. The van der Waals surface area contributed by atoms with E-state index in [0.29, 0.717) is 53.5 Å². The molecule has 0 saturated carbocycles. The number of thioether (sulfide) groups is 1. The number of ether oxygens (including phenoxy) is 1. The Morgan fingerprint density at radius 3 is 2.47 bits per heavy atom. The largest absolute Gasteiger partial charge is 0.382 e. The number of ketones is 1. The van der Waals surface area contributed by atoms with E-state index < -0.39 is 5.41 Å². The molecule has 7 nitrogen and oxygen atoms in total. The second kappa shape index (κ2) is 11.4. The van der Waals surface area contributed by atoms with Crippen molar-refractivity contribution >= 4 is 40.0 Å². The van der Waals surface area contributed by atoms with Gasteiger partial charge in [-0.3, -0.25) is 19.0 Å². The van der Waals surface area contributed by atoms with Crippen LogP contribution in [0.25, 0.3) is 10.9 Å². The maximum absolute atomic E-state index is 13.1. The van der Waals surface area contributed by atoms with E-state index >= 15 is 0 Å². The molecule has 0 atom stereocenters. The number of rotatable bonds is 10. The van der Waals surface area contributed by atoms with Crippen LogP contribution < -0.4 is 10.9 Å². The Bertz CT molecular complexity index is 1210. The minimum absolute atomic E-state index is 0.0815. The molecule has 1 N–H and O–H groups in total. The molecule has 1 aromatic heterocycles.